The zero-order valence-corrected chi connectivity index (χ0v) is 19.9. The quantitative estimate of drug-likeness (QED) is 0.263. The number of piperidine rings is 1. The molecular weight excluding hydrogens is 377 g/mol. The molecule has 2 atom stereocenters. The SMILES string of the molecule is COC(=O)CCCCCCN1C(=O)CCCC1/C=C/C(O)Cc1ccccc1.[Na]. The Kier molecular flexibility index (Phi) is 13.2. The summed E-state index contributed by atoms with van der Waals surface area (Å²) in [7, 11) is 1.41. The van der Waals surface area contributed by atoms with Crippen molar-refractivity contribution < 1.29 is 19.4 Å². The van der Waals surface area contributed by atoms with Gasteiger partial charge in [-0.3, -0.25) is 9.59 Å². The molecule has 1 N–H and O–H groups in total. The summed E-state index contributed by atoms with van der Waals surface area (Å²) in [4.78, 5) is 25.4. The third-order valence-corrected chi connectivity index (χ3v) is 5.21. The number of nitrogens with zero attached hydrogens (tertiary/aromatic N) is 1. The van der Waals surface area contributed by atoms with Crippen LogP contribution in [-0.4, -0.2) is 77.2 Å². The number of benzene rings is 1. The van der Waals surface area contributed by atoms with Gasteiger partial charge in [-0.1, -0.05) is 55.3 Å². The van der Waals surface area contributed by atoms with Crippen molar-refractivity contribution in [2.75, 3.05) is 13.7 Å². The van der Waals surface area contributed by atoms with E-state index in [1.165, 1.54) is 7.11 Å². The number of hydrogen-bond donors (Lipinski definition) is 1. The minimum atomic E-state index is -0.542. The van der Waals surface area contributed by atoms with Crippen LogP contribution in [0.3, 0.4) is 0 Å². The van der Waals surface area contributed by atoms with Crippen LogP contribution >= 0.6 is 0 Å². The van der Waals surface area contributed by atoms with E-state index in [0.717, 1.165) is 50.6 Å². The normalized spacial score (nSPS) is 17.8. The van der Waals surface area contributed by atoms with E-state index in [4.69, 9.17) is 0 Å². The minimum absolute atomic E-state index is 0. The molecule has 1 fully saturated rings. The van der Waals surface area contributed by atoms with E-state index in [9.17, 15) is 14.7 Å². The maximum Gasteiger partial charge on any atom is 0.305 e. The Morgan fingerprint density at radius 3 is 2.69 bits per heavy atom. The van der Waals surface area contributed by atoms with Crippen LogP contribution in [0, 0.1) is 0 Å². The molecule has 1 aromatic carbocycles. The molecule has 0 aliphatic carbocycles. The molecule has 0 aromatic heterocycles. The molecular formula is C23H33NNaO4. The van der Waals surface area contributed by atoms with Crippen molar-refractivity contribution in [3.05, 3.63) is 48.0 Å². The molecule has 6 heteroatoms. The molecule has 1 aromatic rings. The third-order valence-electron chi connectivity index (χ3n) is 5.21. The molecule has 1 heterocycles. The minimum Gasteiger partial charge on any atom is -0.469 e. The zero-order chi connectivity index (χ0) is 20.2. The van der Waals surface area contributed by atoms with Gasteiger partial charge in [-0.05, 0) is 31.2 Å². The Morgan fingerprint density at radius 1 is 1.24 bits per heavy atom. The number of aliphatic hydroxyl groups is 1. The number of rotatable bonds is 11. The Morgan fingerprint density at radius 2 is 1.97 bits per heavy atom. The van der Waals surface area contributed by atoms with E-state index >= 15 is 0 Å². The van der Waals surface area contributed by atoms with Crippen LogP contribution in [0.15, 0.2) is 42.5 Å². The maximum absolute atomic E-state index is 12.4. The van der Waals surface area contributed by atoms with Crippen LogP contribution in [0.25, 0.3) is 0 Å². The molecule has 0 bridgehead atoms. The summed E-state index contributed by atoms with van der Waals surface area (Å²) in [6.07, 6.45) is 10.5. The van der Waals surface area contributed by atoms with Gasteiger partial charge >= 0.3 is 5.97 Å². The summed E-state index contributed by atoms with van der Waals surface area (Å²) in [5, 5.41) is 10.3. The molecule has 155 valence electrons. The van der Waals surface area contributed by atoms with E-state index in [1.807, 2.05) is 47.4 Å². The van der Waals surface area contributed by atoms with Crippen molar-refractivity contribution in [1.29, 1.82) is 0 Å². The Bertz CT molecular complexity index is 635. The fourth-order valence-corrected chi connectivity index (χ4v) is 3.62. The number of unbranched alkanes of at least 4 members (excludes halogenated alkanes) is 3. The molecule has 1 aliphatic heterocycles. The smallest absolute Gasteiger partial charge is 0.305 e. The molecule has 1 amide bonds. The number of hydrogen-bond acceptors (Lipinski definition) is 4. The second-order valence-corrected chi connectivity index (χ2v) is 7.43. The summed E-state index contributed by atoms with van der Waals surface area (Å²) in [5.41, 5.74) is 1.10. The monoisotopic (exact) mass is 410 g/mol. The van der Waals surface area contributed by atoms with Gasteiger partial charge in [-0.2, -0.15) is 0 Å². The number of likely N-dealkylation sites (tertiary alicyclic amines) is 1. The largest absolute Gasteiger partial charge is 0.469 e. The number of aliphatic hydroxyl groups excluding tert-OH is 1. The van der Waals surface area contributed by atoms with Crippen LogP contribution in [0.1, 0.15) is 56.9 Å². The van der Waals surface area contributed by atoms with Gasteiger partial charge in [0, 0.05) is 55.4 Å². The summed E-state index contributed by atoms with van der Waals surface area (Å²) < 4.78 is 4.64. The molecule has 5 nitrogen and oxygen atoms in total. The molecule has 0 saturated carbocycles. The first-order chi connectivity index (χ1) is 13.6. The molecule has 2 rings (SSSR count). The van der Waals surface area contributed by atoms with Gasteiger partial charge in [0.25, 0.3) is 0 Å². The average Bonchev–Trinajstić information content (AvgIpc) is 2.70. The summed E-state index contributed by atoms with van der Waals surface area (Å²) in [6, 6.07) is 9.99. The van der Waals surface area contributed by atoms with Crippen LogP contribution in [0.4, 0.5) is 0 Å². The van der Waals surface area contributed by atoms with E-state index in [1.54, 1.807) is 0 Å². The number of ether oxygens (including phenoxy) is 1. The first kappa shape index (κ1) is 25.9. The average molecular weight is 411 g/mol. The van der Waals surface area contributed by atoms with Gasteiger partial charge in [0.2, 0.25) is 5.91 Å². The van der Waals surface area contributed by atoms with Crippen LogP contribution in [-0.2, 0) is 20.7 Å². The summed E-state index contributed by atoms with van der Waals surface area (Å²) in [5.74, 6) is 0.0403. The predicted octanol–water partition coefficient (Wildman–Crippen LogP) is 3.27. The second kappa shape index (κ2) is 14.8. The summed E-state index contributed by atoms with van der Waals surface area (Å²) >= 11 is 0. The van der Waals surface area contributed by atoms with E-state index in [-0.39, 0.29) is 47.5 Å². The standard InChI is InChI=1S/C23H33NO4.Na/c1-28-23(27)14-7-2-3-8-17-24-20(12-9-13-22(24)26)15-16-21(25)18-19-10-5-4-6-11-19;/h4-6,10-11,15-16,20-21,25H,2-3,7-9,12-14,17-18H2,1H3;/b16-15+;. The number of carbonyl (C=O) groups is 2. The molecule has 1 aliphatic rings. The second-order valence-electron chi connectivity index (χ2n) is 7.43. The first-order valence-corrected chi connectivity index (χ1v) is 10.4. The van der Waals surface area contributed by atoms with Gasteiger partial charge in [0.05, 0.1) is 19.3 Å². The Hall–Kier alpha value is -1.14. The molecule has 2 unspecified atom stereocenters. The topological polar surface area (TPSA) is 66.8 Å². The molecule has 0 spiro atoms. The zero-order valence-electron chi connectivity index (χ0n) is 17.9. The van der Waals surface area contributed by atoms with Crippen molar-refractivity contribution in [2.45, 2.75) is 69.9 Å². The van der Waals surface area contributed by atoms with Crippen molar-refractivity contribution in [2.24, 2.45) is 0 Å². The fourth-order valence-electron chi connectivity index (χ4n) is 3.62. The van der Waals surface area contributed by atoms with Crippen LogP contribution in [0.2, 0.25) is 0 Å². The van der Waals surface area contributed by atoms with Crippen LogP contribution < -0.4 is 0 Å². The number of esters is 1. The Balaban J connectivity index is 0.00000420. The number of carbonyl (C=O) groups excluding carboxylic acids is 2. The first-order valence-electron chi connectivity index (χ1n) is 10.4. The summed E-state index contributed by atoms with van der Waals surface area (Å²) in [6.45, 7) is 0.737. The van der Waals surface area contributed by atoms with Crippen molar-refractivity contribution in [3.63, 3.8) is 0 Å². The third kappa shape index (κ3) is 9.94. The maximum atomic E-state index is 12.4. The van der Waals surface area contributed by atoms with E-state index in [0.29, 0.717) is 19.3 Å². The molecule has 1 saturated heterocycles. The fraction of sp³-hybridized carbons (Fsp3) is 0.565. The van der Waals surface area contributed by atoms with Crippen LogP contribution in [0.5, 0.6) is 0 Å². The van der Waals surface area contributed by atoms with Crippen molar-refractivity contribution in [1.82, 2.24) is 4.90 Å². The van der Waals surface area contributed by atoms with Gasteiger partial charge in [0.1, 0.15) is 0 Å². The van der Waals surface area contributed by atoms with Gasteiger partial charge in [-0.15, -0.1) is 0 Å². The predicted molar refractivity (Wildman–Crippen MR) is 115 cm³/mol. The van der Waals surface area contributed by atoms with E-state index < -0.39 is 6.10 Å². The van der Waals surface area contributed by atoms with Gasteiger partial charge < -0.3 is 14.7 Å². The number of amides is 1. The molecule has 29 heavy (non-hydrogen) atoms. The van der Waals surface area contributed by atoms with Gasteiger partial charge in [-0.25, -0.2) is 0 Å². The van der Waals surface area contributed by atoms with Gasteiger partial charge in [0.15, 0.2) is 0 Å². The van der Waals surface area contributed by atoms with Crippen molar-refractivity contribution in [3.8, 4) is 0 Å². The number of methoxy groups -OCH3 is 1. The molecule has 1 radical (unpaired) electrons. The van der Waals surface area contributed by atoms with E-state index in [2.05, 4.69) is 4.74 Å². The van der Waals surface area contributed by atoms with Crippen molar-refractivity contribution >= 4 is 41.4 Å². The Labute approximate surface area is 196 Å².